The lowest BCUT2D eigenvalue weighted by Crippen LogP contribution is -2.01. The van der Waals surface area contributed by atoms with Crippen molar-refractivity contribution in [3.05, 3.63) is 46.7 Å². The van der Waals surface area contributed by atoms with Crippen molar-refractivity contribution in [3.63, 3.8) is 0 Å². The fourth-order valence-electron chi connectivity index (χ4n) is 2.44. The first-order valence-electron chi connectivity index (χ1n) is 7.00. The molecule has 4 aromatic rings. The number of aryl methyl sites for hydroxylation is 3. The second-order valence-corrected chi connectivity index (χ2v) is 6.47. The van der Waals surface area contributed by atoms with Crippen LogP contribution in [-0.2, 0) is 6.54 Å². The second-order valence-electron chi connectivity index (χ2n) is 5.31. The van der Waals surface area contributed by atoms with Crippen molar-refractivity contribution < 1.29 is 4.42 Å². The first-order valence-corrected chi connectivity index (χ1v) is 7.82. The van der Waals surface area contributed by atoms with E-state index in [0.717, 1.165) is 38.6 Å². The van der Waals surface area contributed by atoms with Gasteiger partial charge in [0.2, 0.25) is 4.96 Å². The maximum absolute atomic E-state index is 5.78. The Labute approximate surface area is 131 Å². The van der Waals surface area contributed by atoms with Crippen LogP contribution in [0.1, 0.15) is 22.0 Å². The minimum Gasteiger partial charge on any atom is -0.458 e. The molecule has 0 unspecified atom stereocenters. The number of hydrogen-bond acceptors (Lipinski definition) is 5. The van der Waals surface area contributed by atoms with Gasteiger partial charge in [0.05, 0.1) is 18.4 Å². The van der Waals surface area contributed by atoms with Crippen LogP contribution in [-0.4, -0.2) is 24.1 Å². The SMILES string of the molecule is Cc1nn2cc(Cn3ccnc3-c3cc(C)c(C)o3)nc2s1. The van der Waals surface area contributed by atoms with Gasteiger partial charge in [0, 0.05) is 12.4 Å². The average Bonchev–Trinajstić information content (AvgIpc) is 3.17. The monoisotopic (exact) mass is 313 g/mol. The van der Waals surface area contributed by atoms with Crippen molar-refractivity contribution in [2.24, 2.45) is 0 Å². The third kappa shape index (κ3) is 2.14. The summed E-state index contributed by atoms with van der Waals surface area (Å²) < 4.78 is 9.64. The maximum atomic E-state index is 5.78. The fourth-order valence-corrected chi connectivity index (χ4v) is 3.18. The van der Waals surface area contributed by atoms with Crippen LogP contribution in [0.5, 0.6) is 0 Å². The van der Waals surface area contributed by atoms with Gasteiger partial charge in [-0.15, -0.1) is 0 Å². The summed E-state index contributed by atoms with van der Waals surface area (Å²) >= 11 is 1.59. The highest BCUT2D eigenvalue weighted by Gasteiger charge is 2.14. The van der Waals surface area contributed by atoms with E-state index in [2.05, 4.69) is 15.1 Å². The minimum atomic E-state index is 0.642. The zero-order valence-corrected chi connectivity index (χ0v) is 13.4. The quantitative estimate of drug-likeness (QED) is 0.582. The van der Waals surface area contributed by atoms with Gasteiger partial charge in [-0.3, -0.25) is 0 Å². The maximum Gasteiger partial charge on any atom is 0.212 e. The third-order valence-corrected chi connectivity index (χ3v) is 4.47. The number of furan rings is 1. The summed E-state index contributed by atoms with van der Waals surface area (Å²) in [5.41, 5.74) is 2.09. The van der Waals surface area contributed by atoms with Crippen molar-refractivity contribution in [2.75, 3.05) is 0 Å². The van der Waals surface area contributed by atoms with E-state index in [1.165, 1.54) is 0 Å². The molecular formula is C15H15N5OS. The molecule has 0 radical (unpaired) electrons. The smallest absolute Gasteiger partial charge is 0.212 e. The van der Waals surface area contributed by atoms with Crippen LogP contribution < -0.4 is 0 Å². The molecule has 4 aromatic heterocycles. The third-order valence-electron chi connectivity index (χ3n) is 3.63. The van der Waals surface area contributed by atoms with Crippen LogP contribution in [0.3, 0.4) is 0 Å². The Bertz CT molecular complexity index is 907. The summed E-state index contributed by atoms with van der Waals surface area (Å²) in [4.78, 5) is 9.94. The predicted octanol–water partition coefficient (Wildman–Crippen LogP) is 3.22. The lowest BCUT2D eigenvalue weighted by Gasteiger charge is -2.03. The summed E-state index contributed by atoms with van der Waals surface area (Å²) in [6, 6.07) is 2.02. The van der Waals surface area contributed by atoms with E-state index < -0.39 is 0 Å². The first-order chi connectivity index (χ1) is 10.6. The highest BCUT2D eigenvalue weighted by Crippen LogP contribution is 2.24. The van der Waals surface area contributed by atoms with Crippen LogP contribution >= 0.6 is 11.3 Å². The molecule has 0 saturated heterocycles. The molecule has 0 aliphatic carbocycles. The molecule has 4 heterocycles. The van der Waals surface area contributed by atoms with E-state index in [4.69, 9.17) is 4.42 Å². The van der Waals surface area contributed by atoms with Crippen molar-refractivity contribution in [1.82, 2.24) is 24.1 Å². The molecule has 6 nitrogen and oxygen atoms in total. The van der Waals surface area contributed by atoms with E-state index in [0.29, 0.717) is 6.54 Å². The van der Waals surface area contributed by atoms with Crippen molar-refractivity contribution in [1.29, 1.82) is 0 Å². The highest BCUT2D eigenvalue weighted by molar-refractivity contribution is 7.16. The molecule has 0 bridgehead atoms. The van der Waals surface area contributed by atoms with Gasteiger partial charge in [0.15, 0.2) is 11.6 Å². The largest absolute Gasteiger partial charge is 0.458 e. The normalized spacial score (nSPS) is 11.6. The molecule has 0 atom stereocenters. The molecule has 0 aliphatic rings. The average molecular weight is 313 g/mol. The molecule has 4 rings (SSSR count). The van der Waals surface area contributed by atoms with Crippen LogP contribution in [0, 0.1) is 20.8 Å². The van der Waals surface area contributed by atoms with Crippen molar-refractivity contribution >= 4 is 16.3 Å². The zero-order valence-electron chi connectivity index (χ0n) is 12.6. The Morgan fingerprint density at radius 2 is 2.14 bits per heavy atom. The molecule has 7 heteroatoms. The Hall–Kier alpha value is -2.41. The number of aromatic nitrogens is 5. The molecule has 0 aromatic carbocycles. The molecule has 112 valence electrons. The van der Waals surface area contributed by atoms with Gasteiger partial charge in [-0.05, 0) is 32.4 Å². The molecule has 0 N–H and O–H groups in total. The van der Waals surface area contributed by atoms with Crippen LogP contribution in [0.4, 0.5) is 0 Å². The van der Waals surface area contributed by atoms with E-state index >= 15 is 0 Å². The fraction of sp³-hybridized carbons (Fsp3) is 0.267. The lowest BCUT2D eigenvalue weighted by molar-refractivity contribution is 0.537. The van der Waals surface area contributed by atoms with E-state index in [-0.39, 0.29) is 0 Å². The van der Waals surface area contributed by atoms with Gasteiger partial charge in [-0.2, -0.15) is 5.10 Å². The Balaban J connectivity index is 1.68. The van der Waals surface area contributed by atoms with Crippen LogP contribution in [0.2, 0.25) is 0 Å². The Morgan fingerprint density at radius 1 is 1.27 bits per heavy atom. The first kappa shape index (κ1) is 13.3. The Kier molecular flexibility index (Phi) is 2.90. The number of fused-ring (bicyclic) bond motifs is 1. The van der Waals surface area contributed by atoms with Gasteiger partial charge in [0.1, 0.15) is 10.8 Å². The second kappa shape index (κ2) is 4.81. The predicted molar refractivity (Wildman–Crippen MR) is 84.1 cm³/mol. The number of nitrogens with zero attached hydrogens (tertiary/aromatic N) is 5. The zero-order chi connectivity index (χ0) is 15.3. The van der Waals surface area contributed by atoms with E-state index in [1.807, 2.05) is 48.3 Å². The van der Waals surface area contributed by atoms with Gasteiger partial charge in [0.25, 0.3) is 0 Å². The Morgan fingerprint density at radius 3 is 2.86 bits per heavy atom. The number of imidazole rings is 2. The molecule has 0 fully saturated rings. The van der Waals surface area contributed by atoms with Gasteiger partial charge >= 0.3 is 0 Å². The molecule has 0 amide bonds. The number of rotatable bonds is 3. The van der Waals surface area contributed by atoms with E-state index in [9.17, 15) is 0 Å². The molecule has 0 aliphatic heterocycles. The lowest BCUT2D eigenvalue weighted by atomic mass is 10.3. The summed E-state index contributed by atoms with van der Waals surface area (Å²) in [6.45, 7) is 6.62. The van der Waals surface area contributed by atoms with Crippen LogP contribution in [0.25, 0.3) is 16.5 Å². The molecular weight excluding hydrogens is 298 g/mol. The molecule has 0 saturated carbocycles. The van der Waals surface area contributed by atoms with Gasteiger partial charge < -0.3 is 8.98 Å². The van der Waals surface area contributed by atoms with Gasteiger partial charge in [-0.25, -0.2) is 14.5 Å². The van der Waals surface area contributed by atoms with Gasteiger partial charge in [-0.1, -0.05) is 11.3 Å². The minimum absolute atomic E-state index is 0.642. The number of hydrogen-bond donors (Lipinski definition) is 0. The van der Waals surface area contributed by atoms with Crippen LogP contribution in [0.15, 0.2) is 29.1 Å². The van der Waals surface area contributed by atoms with E-state index in [1.54, 1.807) is 17.5 Å². The summed E-state index contributed by atoms with van der Waals surface area (Å²) in [5.74, 6) is 2.53. The highest BCUT2D eigenvalue weighted by atomic mass is 32.1. The summed E-state index contributed by atoms with van der Waals surface area (Å²) in [7, 11) is 0. The summed E-state index contributed by atoms with van der Waals surface area (Å²) in [5, 5.41) is 5.40. The van der Waals surface area contributed by atoms with Crippen molar-refractivity contribution in [3.8, 4) is 11.6 Å². The molecule has 0 spiro atoms. The topological polar surface area (TPSA) is 61.2 Å². The van der Waals surface area contributed by atoms with Crippen molar-refractivity contribution in [2.45, 2.75) is 27.3 Å². The summed E-state index contributed by atoms with van der Waals surface area (Å²) in [6.07, 6.45) is 5.68. The standard InChI is InChI=1S/C15H15N5OS/c1-9-6-13(21-10(9)2)14-16-4-5-19(14)7-12-8-20-15(17-12)22-11(3)18-20/h4-6,8H,7H2,1-3H3. The molecule has 22 heavy (non-hydrogen) atoms.